The van der Waals surface area contributed by atoms with Crippen LogP contribution in [0, 0.1) is 11.3 Å². The third kappa shape index (κ3) is 3.38. The van der Waals surface area contributed by atoms with Gasteiger partial charge in [-0.25, -0.2) is 0 Å². The van der Waals surface area contributed by atoms with Crippen LogP contribution >= 0.6 is 11.8 Å². The van der Waals surface area contributed by atoms with Crippen LogP contribution in [0.25, 0.3) is 0 Å². The molecule has 0 saturated carbocycles. The minimum atomic E-state index is 0.584. The number of rotatable bonds is 5. The highest BCUT2D eigenvalue weighted by Gasteiger charge is 2.33. The maximum absolute atomic E-state index is 8.21. The number of amidine groups is 1. The molecule has 2 aliphatic heterocycles. The first kappa shape index (κ1) is 15.8. The van der Waals surface area contributed by atoms with Crippen molar-refractivity contribution in [3.8, 4) is 0 Å². The van der Waals surface area contributed by atoms with Crippen LogP contribution in [0.1, 0.15) is 27.2 Å². The lowest BCUT2D eigenvalue weighted by Crippen LogP contribution is -2.33. The van der Waals surface area contributed by atoms with Gasteiger partial charge in [0.2, 0.25) is 0 Å². The lowest BCUT2D eigenvalue weighted by Gasteiger charge is -2.29. The normalized spacial score (nSPS) is 22.1. The van der Waals surface area contributed by atoms with Crippen molar-refractivity contribution in [1.82, 2.24) is 4.90 Å². The van der Waals surface area contributed by atoms with Crippen LogP contribution in [0.2, 0.25) is 0 Å². The zero-order chi connectivity index (χ0) is 15.4. The first-order valence-corrected chi connectivity index (χ1v) is 8.19. The molecule has 0 bridgehead atoms. The average molecular weight is 301 g/mol. The van der Waals surface area contributed by atoms with Gasteiger partial charge in [0.15, 0.2) is 0 Å². The highest BCUT2D eigenvalue weighted by molar-refractivity contribution is 8.06. The van der Waals surface area contributed by atoms with Crippen LogP contribution in [0.5, 0.6) is 0 Å². The Morgan fingerprint density at radius 3 is 2.86 bits per heavy atom. The molecule has 2 aliphatic rings. The predicted molar refractivity (Wildman–Crippen MR) is 93.9 cm³/mol. The fraction of sp³-hybridized carbons (Fsp3) is 0.412. The van der Waals surface area contributed by atoms with Crippen molar-refractivity contribution >= 4 is 23.3 Å². The topological polar surface area (TPSA) is 39.5 Å². The Balaban J connectivity index is 2.29. The largest absolute Gasteiger partial charge is 0.329 e. The molecule has 1 unspecified atom stereocenters. The van der Waals surface area contributed by atoms with E-state index in [1.165, 1.54) is 5.70 Å². The van der Waals surface area contributed by atoms with Crippen LogP contribution in [0.4, 0.5) is 0 Å². The number of nitrogens with zero attached hydrogens (tertiary/aromatic N) is 2. The fourth-order valence-electron chi connectivity index (χ4n) is 2.71. The first-order chi connectivity index (χ1) is 10.1. The summed E-state index contributed by atoms with van der Waals surface area (Å²) in [7, 11) is 0. The summed E-state index contributed by atoms with van der Waals surface area (Å²) >= 11 is 1.62. The van der Waals surface area contributed by atoms with Crippen LogP contribution in [-0.4, -0.2) is 29.5 Å². The molecule has 21 heavy (non-hydrogen) atoms. The van der Waals surface area contributed by atoms with E-state index in [-0.39, 0.29) is 0 Å². The van der Waals surface area contributed by atoms with Gasteiger partial charge >= 0.3 is 0 Å². The minimum Gasteiger partial charge on any atom is -0.329 e. The summed E-state index contributed by atoms with van der Waals surface area (Å²) in [4.78, 5) is 7.95. The van der Waals surface area contributed by atoms with Gasteiger partial charge in [0, 0.05) is 22.7 Å². The molecule has 0 amide bonds. The number of nitrogens with one attached hydrogen (secondary N) is 1. The van der Waals surface area contributed by atoms with Crippen LogP contribution in [0.3, 0.4) is 0 Å². The van der Waals surface area contributed by atoms with Crippen molar-refractivity contribution in [1.29, 1.82) is 5.41 Å². The second-order valence-corrected chi connectivity index (χ2v) is 6.41. The minimum absolute atomic E-state index is 0.584. The van der Waals surface area contributed by atoms with Crippen molar-refractivity contribution in [2.24, 2.45) is 10.9 Å². The van der Waals surface area contributed by atoms with Gasteiger partial charge in [-0.15, -0.1) is 0 Å². The lowest BCUT2D eigenvalue weighted by atomic mass is 10.0. The van der Waals surface area contributed by atoms with Gasteiger partial charge in [-0.3, -0.25) is 4.99 Å². The molecule has 0 spiro atoms. The quantitative estimate of drug-likeness (QED) is 0.766. The smallest absolute Gasteiger partial charge is 0.141 e. The summed E-state index contributed by atoms with van der Waals surface area (Å²) in [6, 6.07) is 0. The summed E-state index contributed by atoms with van der Waals surface area (Å²) in [5, 5.41) is 10.2. The first-order valence-electron chi connectivity index (χ1n) is 7.31. The van der Waals surface area contributed by atoms with E-state index in [0.29, 0.717) is 18.2 Å². The van der Waals surface area contributed by atoms with Crippen molar-refractivity contribution in [3.05, 3.63) is 46.4 Å². The molecule has 1 saturated heterocycles. The molecule has 0 radical (unpaired) electrons. The second kappa shape index (κ2) is 6.94. The molecule has 1 atom stereocenters. The molecule has 0 aliphatic carbocycles. The predicted octanol–water partition coefficient (Wildman–Crippen LogP) is 4.37. The Labute approximate surface area is 131 Å². The molecule has 112 valence electrons. The number of fused-ring (bicyclic) bond motifs is 1. The molecule has 1 fully saturated rings. The van der Waals surface area contributed by atoms with E-state index in [2.05, 4.69) is 18.4 Å². The average Bonchev–Trinajstić information content (AvgIpc) is 2.84. The summed E-state index contributed by atoms with van der Waals surface area (Å²) in [6.45, 7) is 11.9. The summed E-state index contributed by atoms with van der Waals surface area (Å²) in [5.74, 6) is 1.57. The van der Waals surface area contributed by atoms with Gasteiger partial charge in [-0.2, -0.15) is 0 Å². The molecular formula is C17H23N3S. The number of aliphatic imine (C=N–C) groups is 1. The zero-order valence-corrected chi connectivity index (χ0v) is 13.8. The standard InChI is InChI=1S/C17H23N3S/c1-5-7-15(18)14-10-19-17(13(4)21-8-6-2)20-11-12(3)9-16(14)20/h5-8,12,18H,4,9-11H2,1-3H3/b7-5-,8-6-,18-15?. The third-order valence-corrected chi connectivity index (χ3v) is 4.48. The van der Waals surface area contributed by atoms with Crippen LogP contribution in [-0.2, 0) is 0 Å². The highest BCUT2D eigenvalue weighted by atomic mass is 32.2. The van der Waals surface area contributed by atoms with E-state index in [1.807, 2.05) is 37.5 Å². The molecule has 2 rings (SSSR count). The monoisotopic (exact) mass is 301 g/mol. The Morgan fingerprint density at radius 1 is 1.43 bits per heavy atom. The Kier molecular flexibility index (Phi) is 5.23. The molecule has 0 aromatic carbocycles. The van der Waals surface area contributed by atoms with E-state index in [1.54, 1.807) is 11.8 Å². The van der Waals surface area contributed by atoms with E-state index in [9.17, 15) is 0 Å². The SMILES string of the molecule is C=C(S/C=C\C)C1=NCC(C(=N)/C=C\C)=C2CC(C)CN12. The number of hydrogen-bond donors (Lipinski definition) is 1. The van der Waals surface area contributed by atoms with Gasteiger partial charge in [0.05, 0.1) is 12.3 Å². The van der Waals surface area contributed by atoms with E-state index < -0.39 is 0 Å². The molecule has 1 N–H and O–H groups in total. The fourth-order valence-corrected chi connectivity index (χ4v) is 3.29. The van der Waals surface area contributed by atoms with Crippen molar-refractivity contribution in [2.45, 2.75) is 27.2 Å². The van der Waals surface area contributed by atoms with Crippen LogP contribution in [0.15, 0.2) is 51.4 Å². The molecule has 0 aromatic rings. The van der Waals surface area contributed by atoms with Crippen molar-refractivity contribution in [3.63, 3.8) is 0 Å². The Hall–Kier alpha value is -1.55. The molecule has 0 aromatic heterocycles. The zero-order valence-electron chi connectivity index (χ0n) is 13.0. The lowest BCUT2D eigenvalue weighted by molar-refractivity contribution is 0.522. The number of allylic oxidation sites excluding steroid dienone is 4. The van der Waals surface area contributed by atoms with Gasteiger partial charge in [0.25, 0.3) is 0 Å². The van der Waals surface area contributed by atoms with Crippen molar-refractivity contribution < 1.29 is 0 Å². The maximum Gasteiger partial charge on any atom is 0.141 e. The Morgan fingerprint density at radius 2 is 2.19 bits per heavy atom. The summed E-state index contributed by atoms with van der Waals surface area (Å²) in [5.41, 5.74) is 2.91. The van der Waals surface area contributed by atoms with E-state index >= 15 is 0 Å². The van der Waals surface area contributed by atoms with E-state index in [0.717, 1.165) is 29.3 Å². The second-order valence-electron chi connectivity index (χ2n) is 5.41. The summed E-state index contributed by atoms with van der Waals surface area (Å²) in [6.07, 6.45) is 6.80. The van der Waals surface area contributed by atoms with Gasteiger partial charge in [-0.05, 0) is 37.7 Å². The highest BCUT2D eigenvalue weighted by Crippen LogP contribution is 2.35. The van der Waals surface area contributed by atoms with Crippen molar-refractivity contribution in [2.75, 3.05) is 13.1 Å². The van der Waals surface area contributed by atoms with Crippen LogP contribution < -0.4 is 0 Å². The number of thioether (sulfide) groups is 1. The van der Waals surface area contributed by atoms with Gasteiger partial charge in [0.1, 0.15) is 5.84 Å². The summed E-state index contributed by atoms with van der Waals surface area (Å²) < 4.78 is 0. The van der Waals surface area contributed by atoms with Gasteiger partial charge in [-0.1, -0.05) is 37.4 Å². The maximum atomic E-state index is 8.21. The van der Waals surface area contributed by atoms with Gasteiger partial charge < -0.3 is 10.3 Å². The molecule has 4 heteroatoms. The molecule has 2 heterocycles. The third-order valence-electron chi connectivity index (χ3n) is 3.61. The molecule has 3 nitrogen and oxygen atoms in total. The Bertz CT molecular complexity index is 567. The number of hydrogen-bond acceptors (Lipinski definition) is 4. The van der Waals surface area contributed by atoms with E-state index in [4.69, 9.17) is 10.4 Å². The molecular weight excluding hydrogens is 278 g/mol.